The molecule has 6 rings (SSSR count). The fourth-order valence-corrected chi connectivity index (χ4v) is 6.19. The summed E-state index contributed by atoms with van der Waals surface area (Å²) in [5, 5.41) is 24.4. The molecular weight excluding hydrogens is 740 g/mol. The number of aromatic nitrogens is 2. The van der Waals surface area contributed by atoms with Gasteiger partial charge in [-0.3, -0.25) is 28.3 Å². The van der Waals surface area contributed by atoms with Gasteiger partial charge in [0.25, 0.3) is 22.9 Å². The molecule has 0 saturated heterocycles. The Kier molecular flexibility index (Phi) is 13.9. The number of benzene rings is 4. The summed E-state index contributed by atoms with van der Waals surface area (Å²) in [7, 11) is 1.60. The third-order valence-electron chi connectivity index (χ3n) is 9.00. The summed E-state index contributed by atoms with van der Waals surface area (Å²) in [6.45, 7) is 4.33. The van der Waals surface area contributed by atoms with E-state index in [0.29, 0.717) is 64.8 Å². The minimum Gasteiger partial charge on any atom is -0.496 e. The van der Waals surface area contributed by atoms with E-state index in [2.05, 4.69) is 22.8 Å². The number of hydrogen-bond donors (Lipinski definition) is 2. The second-order valence-corrected chi connectivity index (χ2v) is 13.3. The number of hydrogen-bond acceptors (Lipinski definition) is 7. The summed E-state index contributed by atoms with van der Waals surface area (Å²) in [6, 6.07) is 39.1. The Morgan fingerprint density at radius 3 is 1.63 bits per heavy atom. The van der Waals surface area contributed by atoms with Gasteiger partial charge in [0.05, 0.1) is 41.7 Å². The van der Waals surface area contributed by atoms with E-state index < -0.39 is 22.9 Å². The number of pyridine rings is 2. The molecule has 0 unspecified atom stereocenters. The normalized spacial score (nSPS) is 10.3. The Bertz CT molecular complexity index is 2620. The smallest absolute Gasteiger partial charge is 0.268 e. The molecule has 0 bridgehead atoms. The minimum atomic E-state index is -0.435. The van der Waals surface area contributed by atoms with Crippen molar-refractivity contribution in [1.82, 2.24) is 19.8 Å². The molecular formula is C45H39ClN6O5. The van der Waals surface area contributed by atoms with Gasteiger partial charge in [0.15, 0.2) is 0 Å². The molecule has 2 N–H and O–H groups in total. The van der Waals surface area contributed by atoms with Crippen LogP contribution in [0.2, 0.25) is 5.02 Å². The Labute approximate surface area is 335 Å². The zero-order valence-electron chi connectivity index (χ0n) is 31.6. The first-order valence-corrected chi connectivity index (χ1v) is 18.3. The maximum atomic E-state index is 13.0. The van der Waals surface area contributed by atoms with Crippen LogP contribution in [-0.4, -0.2) is 41.1 Å². The molecule has 2 amide bonds. The fraction of sp³-hybridized carbons (Fsp3) is 0.156. The number of rotatable bonds is 11. The standard InChI is InChI=1S/C23H21N3O3.C22H18ClN3O2/c1-16-10-11-20(23(28)26(16)19-8-5-6-17(14-19)15-24)22(27)25-13-12-18-7-3-4-9-21(18)29-2;1-15-5-10-20(21(27)25-12-11-16-6-8-18(23)9-7-16)22(28)26(15)19-4-2-3-17(13-19)14-24/h3-11,14H,12-13H2,1-2H3,(H,25,27);2-10,13H,11-12H2,1H3,(H,25,27). The number of nitrogens with one attached hydrogen (secondary N) is 2. The van der Waals surface area contributed by atoms with Gasteiger partial charge in [-0.25, -0.2) is 0 Å². The van der Waals surface area contributed by atoms with Crippen LogP contribution in [0, 0.1) is 36.5 Å². The summed E-state index contributed by atoms with van der Waals surface area (Å²) in [5.74, 6) is -0.101. The van der Waals surface area contributed by atoms with Crippen molar-refractivity contribution in [2.45, 2.75) is 26.7 Å². The van der Waals surface area contributed by atoms with E-state index in [0.717, 1.165) is 16.9 Å². The Balaban J connectivity index is 0.000000218. The molecule has 2 heterocycles. The van der Waals surface area contributed by atoms with Gasteiger partial charge in [0, 0.05) is 29.5 Å². The van der Waals surface area contributed by atoms with E-state index >= 15 is 0 Å². The number of carbonyl (C=O) groups excluding carboxylic acids is 2. The molecule has 0 atom stereocenters. The quantitative estimate of drug-likeness (QED) is 0.149. The van der Waals surface area contributed by atoms with E-state index in [-0.39, 0.29) is 11.1 Å². The number of ether oxygens (including phenoxy) is 1. The monoisotopic (exact) mass is 778 g/mol. The SMILES string of the molecule is COc1ccccc1CCNC(=O)c1ccc(C)n(-c2cccc(C#N)c2)c1=O.Cc1ccc(C(=O)NCCc2ccc(Cl)cc2)c(=O)n1-c1cccc(C#N)c1. The van der Waals surface area contributed by atoms with Crippen LogP contribution in [-0.2, 0) is 12.8 Å². The molecule has 0 aliphatic rings. The first-order valence-electron chi connectivity index (χ1n) is 17.9. The number of nitriles is 2. The molecule has 6 aromatic rings. The molecule has 2 aromatic heterocycles. The van der Waals surface area contributed by atoms with E-state index in [4.69, 9.17) is 26.9 Å². The number of nitrogens with zero attached hydrogens (tertiary/aromatic N) is 4. The van der Waals surface area contributed by atoms with Crippen molar-refractivity contribution in [2.75, 3.05) is 20.2 Å². The lowest BCUT2D eigenvalue weighted by Crippen LogP contribution is -2.34. The van der Waals surface area contributed by atoms with E-state index in [9.17, 15) is 19.2 Å². The largest absolute Gasteiger partial charge is 0.496 e. The van der Waals surface area contributed by atoms with Crippen LogP contribution in [0.3, 0.4) is 0 Å². The van der Waals surface area contributed by atoms with Crippen molar-refractivity contribution in [3.8, 4) is 29.3 Å². The molecule has 0 aliphatic carbocycles. The van der Waals surface area contributed by atoms with Crippen molar-refractivity contribution < 1.29 is 14.3 Å². The Morgan fingerprint density at radius 1 is 0.649 bits per heavy atom. The van der Waals surface area contributed by atoms with Crippen molar-refractivity contribution in [1.29, 1.82) is 10.5 Å². The first kappa shape index (κ1) is 41.0. The van der Waals surface area contributed by atoms with Crippen molar-refractivity contribution in [3.63, 3.8) is 0 Å². The summed E-state index contributed by atoms with van der Waals surface area (Å²) in [5.41, 5.74) is 4.64. The van der Waals surface area contributed by atoms with Gasteiger partial charge < -0.3 is 15.4 Å². The topological polar surface area (TPSA) is 159 Å². The van der Waals surface area contributed by atoms with Crippen LogP contribution in [0.25, 0.3) is 11.4 Å². The van der Waals surface area contributed by atoms with Crippen LogP contribution < -0.4 is 26.5 Å². The number of amides is 2. The van der Waals surface area contributed by atoms with Gasteiger partial charge in [0.2, 0.25) is 0 Å². The third kappa shape index (κ3) is 10.3. The van der Waals surface area contributed by atoms with Crippen LogP contribution in [0.1, 0.15) is 54.4 Å². The lowest BCUT2D eigenvalue weighted by Gasteiger charge is -2.13. The molecule has 0 saturated carbocycles. The van der Waals surface area contributed by atoms with Gasteiger partial charge in [-0.2, -0.15) is 10.5 Å². The van der Waals surface area contributed by atoms with Crippen molar-refractivity contribution >= 4 is 23.4 Å². The molecule has 0 radical (unpaired) electrons. The van der Waals surface area contributed by atoms with Crippen molar-refractivity contribution in [3.05, 3.63) is 192 Å². The zero-order valence-corrected chi connectivity index (χ0v) is 32.3. The van der Waals surface area contributed by atoms with Gasteiger partial charge in [-0.1, -0.05) is 54.1 Å². The highest BCUT2D eigenvalue weighted by Gasteiger charge is 2.17. The lowest BCUT2D eigenvalue weighted by molar-refractivity contribution is 0.0944. The Hall–Kier alpha value is -7.21. The summed E-state index contributed by atoms with van der Waals surface area (Å²) in [4.78, 5) is 51.0. The summed E-state index contributed by atoms with van der Waals surface area (Å²) < 4.78 is 8.19. The second-order valence-electron chi connectivity index (χ2n) is 12.8. The number of carbonyl (C=O) groups is 2. The van der Waals surface area contributed by atoms with Gasteiger partial charge >= 0.3 is 0 Å². The molecule has 286 valence electrons. The molecule has 0 spiro atoms. The summed E-state index contributed by atoms with van der Waals surface area (Å²) in [6.07, 6.45) is 1.22. The summed E-state index contributed by atoms with van der Waals surface area (Å²) >= 11 is 5.87. The zero-order chi connectivity index (χ0) is 40.9. The van der Waals surface area contributed by atoms with Crippen LogP contribution in [0.15, 0.2) is 131 Å². The van der Waals surface area contributed by atoms with Crippen LogP contribution in [0.4, 0.5) is 0 Å². The third-order valence-corrected chi connectivity index (χ3v) is 9.25. The highest BCUT2D eigenvalue weighted by molar-refractivity contribution is 6.30. The highest BCUT2D eigenvalue weighted by Crippen LogP contribution is 2.18. The number of halogens is 1. The maximum Gasteiger partial charge on any atom is 0.268 e. The minimum absolute atomic E-state index is 0.0537. The highest BCUT2D eigenvalue weighted by atomic mass is 35.5. The van der Waals surface area contributed by atoms with E-state index in [1.165, 1.54) is 21.3 Å². The van der Waals surface area contributed by atoms with Gasteiger partial charge in [0.1, 0.15) is 16.9 Å². The van der Waals surface area contributed by atoms with Crippen molar-refractivity contribution in [2.24, 2.45) is 0 Å². The number of para-hydroxylation sites is 1. The number of methoxy groups -OCH3 is 1. The van der Waals surface area contributed by atoms with E-state index in [1.54, 1.807) is 93.8 Å². The molecule has 12 heteroatoms. The predicted octanol–water partition coefficient (Wildman–Crippen LogP) is 6.64. The van der Waals surface area contributed by atoms with Gasteiger partial charge in [-0.15, -0.1) is 0 Å². The second kappa shape index (κ2) is 19.4. The average molecular weight is 779 g/mol. The molecule has 57 heavy (non-hydrogen) atoms. The predicted molar refractivity (Wildman–Crippen MR) is 220 cm³/mol. The van der Waals surface area contributed by atoms with Crippen LogP contribution in [0.5, 0.6) is 5.75 Å². The molecule has 4 aromatic carbocycles. The molecule has 11 nitrogen and oxygen atoms in total. The van der Waals surface area contributed by atoms with E-state index in [1.807, 2.05) is 36.4 Å². The van der Waals surface area contributed by atoms with Gasteiger partial charge in [-0.05, 0) is 117 Å². The average Bonchev–Trinajstić information content (AvgIpc) is 3.22. The number of aryl methyl sites for hydroxylation is 2. The molecule has 0 fully saturated rings. The lowest BCUT2D eigenvalue weighted by atomic mass is 10.1. The fourth-order valence-electron chi connectivity index (χ4n) is 6.06. The first-order chi connectivity index (χ1) is 27.5. The van der Waals surface area contributed by atoms with Crippen LogP contribution >= 0.6 is 11.6 Å². The Morgan fingerprint density at radius 2 is 1.14 bits per heavy atom. The molecule has 0 aliphatic heterocycles. The maximum absolute atomic E-state index is 13.0.